The highest BCUT2D eigenvalue weighted by atomic mass is 28.4. The molecule has 0 heterocycles. The molecule has 0 spiro atoms. The predicted molar refractivity (Wildman–Crippen MR) is 72.6 cm³/mol. The molecule has 0 unspecified atom stereocenters. The molecule has 0 N–H and O–H groups in total. The normalized spacial score (nSPS) is 12.4. The summed E-state index contributed by atoms with van der Waals surface area (Å²) in [6, 6.07) is 0. The van der Waals surface area contributed by atoms with E-state index in [1.165, 1.54) is 20.0 Å². The van der Waals surface area contributed by atoms with Crippen LogP contribution in [0.3, 0.4) is 0 Å². The lowest BCUT2D eigenvalue weighted by Crippen LogP contribution is -2.33. The molecule has 100 valence electrons. The number of nitrogens with zero attached hydrogens (tertiary/aromatic N) is 1. The zero-order chi connectivity index (χ0) is 13.3. The Morgan fingerprint density at radius 3 is 2.29 bits per heavy atom. The molecule has 0 aromatic heterocycles. The first-order chi connectivity index (χ1) is 7.90. The molecule has 0 rings (SSSR count). The maximum Gasteiger partial charge on any atom is 0.342 e. The van der Waals surface area contributed by atoms with Crippen molar-refractivity contribution in [3.63, 3.8) is 0 Å². The molecule has 5 heteroatoms. The number of carbonyl (C=O) groups excluding carboxylic acids is 1. The van der Waals surface area contributed by atoms with Crippen LogP contribution in [0.4, 0.5) is 0 Å². The summed E-state index contributed by atoms with van der Waals surface area (Å²) in [7, 11) is -0.400. The molecule has 0 amide bonds. The van der Waals surface area contributed by atoms with E-state index in [1.807, 2.05) is 19.6 Å². The van der Waals surface area contributed by atoms with Crippen molar-refractivity contribution in [3.8, 4) is 0 Å². The first-order valence-corrected chi connectivity index (χ1v) is 9.65. The van der Waals surface area contributed by atoms with Gasteiger partial charge in [-0.05, 0) is 26.1 Å². The van der Waals surface area contributed by atoms with Gasteiger partial charge in [0.15, 0.2) is 5.71 Å². The lowest BCUT2D eigenvalue weighted by Gasteiger charge is -2.17. The van der Waals surface area contributed by atoms with Crippen LogP contribution in [0.2, 0.25) is 19.6 Å². The van der Waals surface area contributed by atoms with Gasteiger partial charge in [-0.3, -0.25) is 0 Å². The molecule has 0 saturated carbocycles. The highest BCUT2D eigenvalue weighted by Crippen LogP contribution is 2.09. The summed E-state index contributed by atoms with van der Waals surface area (Å²) in [6.45, 7) is 8.09. The standard InChI is InChI=1S/C12H25NO3Si/c1-6-7-8-9-10-11(13-15-2)12(14)16-17(3,4)5/h6-10H2,1-5H3/b13-11-. The largest absolute Gasteiger partial charge is 0.515 e. The van der Waals surface area contributed by atoms with Crippen molar-refractivity contribution in [3.05, 3.63) is 0 Å². The summed E-state index contributed by atoms with van der Waals surface area (Å²) < 4.78 is 5.40. The maximum absolute atomic E-state index is 11.8. The van der Waals surface area contributed by atoms with Crippen molar-refractivity contribution in [1.29, 1.82) is 0 Å². The van der Waals surface area contributed by atoms with Gasteiger partial charge in [-0.25, -0.2) is 4.79 Å². The van der Waals surface area contributed by atoms with Gasteiger partial charge in [-0.2, -0.15) is 0 Å². The van der Waals surface area contributed by atoms with Gasteiger partial charge in [-0.1, -0.05) is 31.3 Å². The molecular formula is C12H25NO3Si. The fourth-order valence-corrected chi connectivity index (χ4v) is 2.03. The molecule has 0 aromatic rings. The van der Waals surface area contributed by atoms with Crippen LogP contribution in [0.5, 0.6) is 0 Å². The summed E-state index contributed by atoms with van der Waals surface area (Å²) in [5, 5.41) is 3.77. The van der Waals surface area contributed by atoms with E-state index >= 15 is 0 Å². The molecule has 0 aromatic carbocycles. The fraction of sp³-hybridized carbons (Fsp3) is 0.833. The van der Waals surface area contributed by atoms with Gasteiger partial charge in [0.1, 0.15) is 7.11 Å². The maximum atomic E-state index is 11.8. The number of unbranched alkanes of at least 4 members (excludes halogenated alkanes) is 3. The van der Waals surface area contributed by atoms with E-state index < -0.39 is 8.32 Å². The van der Waals surface area contributed by atoms with E-state index in [2.05, 4.69) is 12.1 Å². The van der Waals surface area contributed by atoms with E-state index in [1.54, 1.807) is 0 Å². The van der Waals surface area contributed by atoms with Crippen LogP contribution in [0.15, 0.2) is 5.16 Å². The summed E-state index contributed by atoms with van der Waals surface area (Å²) in [6.07, 6.45) is 5.06. The Hall–Kier alpha value is -0.843. The molecule has 0 fully saturated rings. The van der Waals surface area contributed by atoms with Crippen LogP contribution in [0.25, 0.3) is 0 Å². The van der Waals surface area contributed by atoms with E-state index in [0.29, 0.717) is 12.1 Å². The lowest BCUT2D eigenvalue weighted by molar-refractivity contribution is -0.128. The second-order valence-corrected chi connectivity index (χ2v) is 9.46. The number of oxime groups is 1. The van der Waals surface area contributed by atoms with Crippen molar-refractivity contribution >= 4 is 20.0 Å². The quantitative estimate of drug-likeness (QED) is 0.291. The van der Waals surface area contributed by atoms with Crippen LogP contribution >= 0.6 is 0 Å². The van der Waals surface area contributed by atoms with Crippen molar-refractivity contribution < 1.29 is 14.1 Å². The van der Waals surface area contributed by atoms with Gasteiger partial charge in [0.2, 0.25) is 8.32 Å². The highest BCUT2D eigenvalue weighted by molar-refractivity contribution is 6.72. The molecule has 17 heavy (non-hydrogen) atoms. The molecular weight excluding hydrogens is 234 g/mol. The van der Waals surface area contributed by atoms with E-state index in [0.717, 1.165) is 12.8 Å². The third-order valence-electron chi connectivity index (χ3n) is 2.10. The first-order valence-electron chi connectivity index (χ1n) is 6.24. The molecule has 0 aliphatic rings. The topological polar surface area (TPSA) is 47.9 Å². The monoisotopic (exact) mass is 259 g/mol. The van der Waals surface area contributed by atoms with Crippen molar-refractivity contribution in [2.75, 3.05) is 7.11 Å². The van der Waals surface area contributed by atoms with Gasteiger partial charge >= 0.3 is 5.97 Å². The van der Waals surface area contributed by atoms with Gasteiger partial charge in [0, 0.05) is 6.42 Å². The van der Waals surface area contributed by atoms with Crippen molar-refractivity contribution in [2.45, 2.75) is 58.7 Å². The van der Waals surface area contributed by atoms with Crippen LogP contribution in [-0.4, -0.2) is 27.1 Å². The molecule has 4 nitrogen and oxygen atoms in total. The summed E-state index contributed by atoms with van der Waals surface area (Å²) in [5.74, 6) is -0.317. The van der Waals surface area contributed by atoms with E-state index in [9.17, 15) is 4.79 Å². The second-order valence-electron chi connectivity index (χ2n) is 5.03. The van der Waals surface area contributed by atoms with Crippen molar-refractivity contribution in [1.82, 2.24) is 0 Å². The molecule has 0 atom stereocenters. The Labute approximate surface area is 105 Å². The van der Waals surface area contributed by atoms with Crippen LogP contribution < -0.4 is 0 Å². The van der Waals surface area contributed by atoms with Crippen LogP contribution in [0, 0.1) is 0 Å². The van der Waals surface area contributed by atoms with E-state index in [-0.39, 0.29) is 5.97 Å². The third-order valence-corrected chi connectivity index (χ3v) is 2.90. The predicted octanol–water partition coefficient (Wildman–Crippen LogP) is 3.34. The smallest absolute Gasteiger partial charge is 0.342 e. The zero-order valence-corrected chi connectivity index (χ0v) is 12.7. The minimum Gasteiger partial charge on any atom is -0.515 e. The Morgan fingerprint density at radius 1 is 1.18 bits per heavy atom. The Bertz CT molecular complexity index is 259. The third kappa shape index (κ3) is 8.91. The summed E-state index contributed by atoms with van der Waals surface area (Å²) in [5.41, 5.74) is 0.408. The minimum absolute atomic E-state index is 0.317. The van der Waals surface area contributed by atoms with Gasteiger partial charge in [0.05, 0.1) is 0 Å². The Morgan fingerprint density at radius 2 is 1.82 bits per heavy atom. The van der Waals surface area contributed by atoms with Crippen LogP contribution in [0.1, 0.15) is 39.0 Å². The van der Waals surface area contributed by atoms with Crippen LogP contribution in [-0.2, 0) is 14.1 Å². The van der Waals surface area contributed by atoms with E-state index in [4.69, 9.17) is 9.26 Å². The molecule has 0 bridgehead atoms. The lowest BCUT2D eigenvalue weighted by atomic mass is 10.1. The van der Waals surface area contributed by atoms with Crippen molar-refractivity contribution in [2.24, 2.45) is 5.16 Å². The number of hydrogen-bond donors (Lipinski definition) is 0. The van der Waals surface area contributed by atoms with Gasteiger partial charge in [0.25, 0.3) is 0 Å². The minimum atomic E-state index is -1.85. The molecule has 0 saturated heterocycles. The SMILES string of the molecule is CCCCCC/C(=N/OC)C(=O)O[Si](C)(C)C. The number of hydrogen-bond acceptors (Lipinski definition) is 4. The fourth-order valence-electron chi connectivity index (χ4n) is 1.35. The Balaban J connectivity index is 4.23. The summed E-state index contributed by atoms with van der Waals surface area (Å²) in [4.78, 5) is 16.5. The zero-order valence-electron chi connectivity index (χ0n) is 11.7. The van der Waals surface area contributed by atoms with Gasteiger partial charge in [-0.15, -0.1) is 0 Å². The molecule has 0 aliphatic heterocycles. The average Bonchev–Trinajstić information content (AvgIpc) is 2.20. The summed E-state index contributed by atoms with van der Waals surface area (Å²) >= 11 is 0. The molecule has 0 aliphatic carbocycles. The second kappa shape index (κ2) is 8.28. The molecule has 0 radical (unpaired) electrons. The number of rotatable bonds is 8. The first kappa shape index (κ1) is 16.2. The average molecular weight is 259 g/mol. The number of carbonyl (C=O) groups is 1. The highest BCUT2D eigenvalue weighted by Gasteiger charge is 2.23. The Kier molecular flexibility index (Phi) is 7.87. The van der Waals surface area contributed by atoms with Gasteiger partial charge < -0.3 is 9.26 Å².